The number of anilines is 2. The Morgan fingerprint density at radius 2 is 1.73 bits per heavy atom. The smallest absolute Gasteiger partial charge is 0.373 e. The number of nitriles is 1. The van der Waals surface area contributed by atoms with E-state index in [1.807, 2.05) is 19.9 Å². The van der Waals surface area contributed by atoms with Crippen LogP contribution >= 0.6 is 23.2 Å². The summed E-state index contributed by atoms with van der Waals surface area (Å²) in [4.78, 5) is 19.5. The largest absolute Gasteiger partial charge is 0.434 e. The number of ether oxygens (including phenoxy) is 1. The van der Waals surface area contributed by atoms with Gasteiger partial charge in [-0.1, -0.05) is 47.5 Å². The van der Waals surface area contributed by atoms with Crippen molar-refractivity contribution in [1.82, 2.24) is 9.97 Å². The highest BCUT2D eigenvalue weighted by atomic mass is 35.5. The molecule has 4 aromatic rings. The van der Waals surface area contributed by atoms with E-state index in [9.17, 15) is 15.4 Å². The van der Waals surface area contributed by atoms with Gasteiger partial charge >= 0.3 is 11.6 Å². The molecule has 10 heteroatoms. The third kappa shape index (κ3) is 5.64. The van der Waals surface area contributed by atoms with Crippen molar-refractivity contribution in [3.05, 3.63) is 109 Å². The van der Waals surface area contributed by atoms with Crippen LogP contribution in [0.3, 0.4) is 0 Å². The fraction of sp³-hybridized carbons (Fsp3) is 0.148. The summed E-state index contributed by atoms with van der Waals surface area (Å²) in [6.07, 6.45) is 1.18. The van der Waals surface area contributed by atoms with E-state index in [4.69, 9.17) is 27.9 Å². The van der Waals surface area contributed by atoms with Gasteiger partial charge in [0.05, 0.1) is 16.9 Å². The second-order valence-corrected chi connectivity index (χ2v) is 9.25. The summed E-state index contributed by atoms with van der Waals surface area (Å²) < 4.78 is 5.76. The zero-order chi connectivity index (χ0) is 26.7. The Morgan fingerprint density at radius 1 is 1.00 bits per heavy atom. The Morgan fingerprint density at radius 3 is 2.38 bits per heavy atom. The molecule has 0 aliphatic rings. The molecule has 1 aromatic heterocycles. The molecule has 0 fully saturated rings. The molecular formula is C27H21Cl2N5O3. The molecule has 0 bridgehead atoms. The first kappa shape index (κ1) is 25.9. The van der Waals surface area contributed by atoms with Crippen LogP contribution in [0.25, 0.3) is 0 Å². The molecule has 0 saturated carbocycles. The fourth-order valence-corrected chi connectivity index (χ4v) is 4.15. The van der Waals surface area contributed by atoms with Gasteiger partial charge in [-0.25, -0.2) is 4.98 Å². The van der Waals surface area contributed by atoms with E-state index < -0.39 is 16.5 Å². The molecule has 4 rings (SSSR count). The van der Waals surface area contributed by atoms with Gasteiger partial charge in [-0.15, -0.1) is 0 Å². The van der Waals surface area contributed by atoms with E-state index in [1.54, 1.807) is 55.5 Å². The van der Waals surface area contributed by atoms with Gasteiger partial charge in [-0.3, -0.25) is 10.1 Å². The summed E-state index contributed by atoms with van der Waals surface area (Å²) in [6, 6.07) is 18.0. The van der Waals surface area contributed by atoms with Crippen molar-refractivity contribution < 1.29 is 9.66 Å². The molecule has 37 heavy (non-hydrogen) atoms. The minimum absolute atomic E-state index is 0.0553. The van der Waals surface area contributed by atoms with Crippen LogP contribution in [0.1, 0.15) is 33.7 Å². The van der Waals surface area contributed by atoms with E-state index in [0.717, 1.165) is 16.7 Å². The number of aromatic nitrogens is 2. The lowest BCUT2D eigenvalue weighted by Crippen LogP contribution is -2.06. The van der Waals surface area contributed by atoms with Crippen LogP contribution in [0.15, 0.2) is 60.9 Å². The molecule has 0 spiro atoms. The lowest BCUT2D eigenvalue weighted by Gasteiger charge is -2.16. The normalized spacial score (nSPS) is 11.5. The van der Waals surface area contributed by atoms with Crippen molar-refractivity contribution in [3.8, 4) is 17.7 Å². The van der Waals surface area contributed by atoms with Crippen LogP contribution in [0, 0.1) is 42.2 Å². The van der Waals surface area contributed by atoms with Gasteiger partial charge < -0.3 is 10.1 Å². The highest BCUT2D eigenvalue weighted by Crippen LogP contribution is 2.39. The Bertz CT molecular complexity index is 1530. The van der Waals surface area contributed by atoms with Gasteiger partial charge in [0, 0.05) is 15.7 Å². The molecule has 0 aliphatic heterocycles. The van der Waals surface area contributed by atoms with Crippen molar-refractivity contribution in [2.24, 2.45) is 0 Å². The minimum atomic E-state index is -0.621. The highest BCUT2D eigenvalue weighted by molar-refractivity contribution is 6.32. The maximum atomic E-state index is 12.0. The fourth-order valence-electron chi connectivity index (χ4n) is 3.75. The minimum Gasteiger partial charge on any atom is -0.434 e. The summed E-state index contributed by atoms with van der Waals surface area (Å²) in [5.74, 6) is -0.452. The number of nitro groups is 1. The molecule has 0 amide bonds. The molecule has 1 N–H and O–H groups in total. The highest BCUT2D eigenvalue weighted by Gasteiger charge is 2.26. The van der Waals surface area contributed by atoms with Gasteiger partial charge in [0.15, 0.2) is 0 Å². The van der Waals surface area contributed by atoms with Crippen molar-refractivity contribution >= 4 is 40.4 Å². The second-order valence-electron chi connectivity index (χ2n) is 8.41. The van der Waals surface area contributed by atoms with Crippen molar-refractivity contribution in [1.29, 1.82) is 5.26 Å². The number of hydrogen-bond acceptors (Lipinski definition) is 7. The van der Waals surface area contributed by atoms with Crippen molar-refractivity contribution in [2.45, 2.75) is 26.7 Å². The van der Waals surface area contributed by atoms with E-state index in [1.165, 1.54) is 6.33 Å². The van der Waals surface area contributed by atoms with E-state index in [0.29, 0.717) is 32.6 Å². The van der Waals surface area contributed by atoms with Crippen LogP contribution in [-0.4, -0.2) is 14.9 Å². The Kier molecular flexibility index (Phi) is 7.58. The Balaban J connectivity index is 1.68. The van der Waals surface area contributed by atoms with Gasteiger partial charge in [0.25, 0.3) is 0 Å². The Hall–Kier alpha value is -4.19. The standard InChI is InChI=1S/C27H21Cl2N5O3/c1-15-4-9-20(10-16(15)2)37-27-25(34(35)36)26(31-14-32-27)33-24-12-23(29)21(11-17(24)3)22(13-30)18-5-7-19(28)8-6-18/h4-12,14,22H,1-3H3,(H,31,32,33). The van der Waals surface area contributed by atoms with Crippen LogP contribution in [0.4, 0.5) is 17.2 Å². The molecule has 1 heterocycles. The topological polar surface area (TPSA) is 114 Å². The summed E-state index contributed by atoms with van der Waals surface area (Å²) in [6.45, 7) is 5.68. The van der Waals surface area contributed by atoms with Crippen LogP contribution < -0.4 is 10.1 Å². The number of nitrogens with one attached hydrogen (secondary N) is 1. The second kappa shape index (κ2) is 10.8. The number of halogens is 2. The van der Waals surface area contributed by atoms with Gasteiger partial charge in [-0.05, 0) is 78.9 Å². The first-order valence-electron chi connectivity index (χ1n) is 11.1. The van der Waals surface area contributed by atoms with Crippen LogP contribution in [0.2, 0.25) is 10.0 Å². The number of nitrogens with zero attached hydrogens (tertiary/aromatic N) is 4. The summed E-state index contributed by atoms with van der Waals surface area (Å²) >= 11 is 12.6. The lowest BCUT2D eigenvalue weighted by molar-refractivity contribution is -0.385. The molecule has 1 unspecified atom stereocenters. The van der Waals surface area contributed by atoms with E-state index >= 15 is 0 Å². The van der Waals surface area contributed by atoms with Crippen LogP contribution in [0.5, 0.6) is 11.6 Å². The first-order valence-corrected chi connectivity index (χ1v) is 11.9. The molecule has 8 nitrogen and oxygen atoms in total. The molecule has 0 aliphatic carbocycles. The average Bonchev–Trinajstić information content (AvgIpc) is 2.86. The molecule has 3 aromatic carbocycles. The number of benzene rings is 3. The summed E-state index contributed by atoms with van der Waals surface area (Å²) in [5.41, 5.74) is 4.17. The quantitative estimate of drug-likeness (QED) is 0.190. The van der Waals surface area contributed by atoms with Crippen molar-refractivity contribution in [3.63, 3.8) is 0 Å². The summed E-state index contributed by atoms with van der Waals surface area (Å²) in [7, 11) is 0. The Labute approximate surface area is 223 Å². The third-order valence-corrected chi connectivity index (χ3v) is 6.48. The molecule has 1 atom stereocenters. The molecular weight excluding hydrogens is 513 g/mol. The molecule has 0 radical (unpaired) electrons. The zero-order valence-electron chi connectivity index (χ0n) is 20.1. The average molecular weight is 534 g/mol. The third-order valence-electron chi connectivity index (χ3n) is 5.90. The maximum absolute atomic E-state index is 12.0. The van der Waals surface area contributed by atoms with Gasteiger partial charge in [0.2, 0.25) is 5.82 Å². The first-order chi connectivity index (χ1) is 17.7. The van der Waals surface area contributed by atoms with Crippen molar-refractivity contribution in [2.75, 3.05) is 5.32 Å². The summed E-state index contributed by atoms with van der Waals surface area (Å²) in [5, 5.41) is 25.7. The van der Waals surface area contributed by atoms with Gasteiger partial charge in [-0.2, -0.15) is 10.2 Å². The predicted octanol–water partition coefficient (Wildman–Crippen LogP) is 7.81. The zero-order valence-corrected chi connectivity index (χ0v) is 21.6. The molecule has 186 valence electrons. The molecule has 0 saturated heterocycles. The monoisotopic (exact) mass is 533 g/mol. The predicted molar refractivity (Wildman–Crippen MR) is 143 cm³/mol. The number of hydrogen-bond donors (Lipinski definition) is 1. The SMILES string of the molecule is Cc1ccc(Oc2ncnc(Nc3cc(Cl)c(C(C#N)c4ccc(Cl)cc4)cc3C)c2[N+](=O)[O-])cc1C. The van der Waals surface area contributed by atoms with Crippen LogP contribution in [-0.2, 0) is 0 Å². The lowest BCUT2D eigenvalue weighted by atomic mass is 9.91. The van der Waals surface area contributed by atoms with Gasteiger partial charge in [0.1, 0.15) is 12.1 Å². The van der Waals surface area contributed by atoms with E-state index in [-0.39, 0.29) is 11.7 Å². The number of rotatable bonds is 7. The number of aryl methyl sites for hydroxylation is 3. The maximum Gasteiger partial charge on any atom is 0.373 e. The van der Waals surface area contributed by atoms with E-state index in [2.05, 4.69) is 21.4 Å².